The molecule has 0 bridgehead atoms. The molecule has 5 nitrogen and oxygen atoms in total. The summed E-state index contributed by atoms with van der Waals surface area (Å²) in [5, 5.41) is 9.61. The highest BCUT2D eigenvalue weighted by molar-refractivity contribution is 7.87. The average molecular weight is 206 g/mol. The predicted molar refractivity (Wildman–Crippen MR) is 47.2 cm³/mol. The first kappa shape index (κ1) is 9.39. The van der Waals surface area contributed by atoms with Crippen LogP contribution in [0.5, 0.6) is 0 Å². The summed E-state index contributed by atoms with van der Waals surface area (Å²) in [5.41, 5.74) is -0.107. The number of hydrogen-bond acceptors (Lipinski definition) is 3. The molecule has 0 aromatic rings. The van der Waals surface area contributed by atoms with Gasteiger partial charge in [-0.05, 0) is 12.8 Å². The molecule has 1 saturated heterocycles. The highest BCUT2D eigenvalue weighted by Crippen LogP contribution is 2.53. The fraction of sp³-hybridized carbons (Fsp3) is 1.00. The van der Waals surface area contributed by atoms with E-state index in [9.17, 15) is 13.5 Å². The molecule has 1 heterocycles. The largest absolute Gasteiger partial charge is 0.391 e. The van der Waals surface area contributed by atoms with Gasteiger partial charge in [0, 0.05) is 25.6 Å². The Morgan fingerprint density at radius 3 is 2.54 bits per heavy atom. The van der Waals surface area contributed by atoms with Gasteiger partial charge in [-0.15, -0.1) is 0 Å². The lowest BCUT2D eigenvalue weighted by Crippen LogP contribution is -2.37. The van der Waals surface area contributed by atoms with E-state index in [-0.39, 0.29) is 12.0 Å². The molecule has 6 heteroatoms. The third-order valence-corrected chi connectivity index (χ3v) is 4.54. The minimum Gasteiger partial charge on any atom is -0.391 e. The molecule has 2 aliphatic rings. The zero-order chi connectivity index (χ0) is 9.69. The molecule has 0 radical (unpaired) electrons. The van der Waals surface area contributed by atoms with Gasteiger partial charge in [0.25, 0.3) is 10.2 Å². The van der Waals surface area contributed by atoms with E-state index < -0.39 is 16.3 Å². The van der Waals surface area contributed by atoms with Crippen LogP contribution in [0.1, 0.15) is 12.8 Å². The molecule has 1 aliphatic heterocycles. The van der Waals surface area contributed by atoms with E-state index in [0.29, 0.717) is 6.54 Å². The lowest BCUT2D eigenvalue weighted by molar-refractivity contribution is 0.134. The maximum atomic E-state index is 11.4. The smallest absolute Gasteiger partial charge is 0.279 e. The van der Waals surface area contributed by atoms with Gasteiger partial charge in [0.2, 0.25) is 0 Å². The van der Waals surface area contributed by atoms with Crippen molar-refractivity contribution < 1.29 is 13.5 Å². The van der Waals surface area contributed by atoms with E-state index in [1.165, 1.54) is 11.4 Å². The molecule has 1 atom stereocenters. The van der Waals surface area contributed by atoms with Gasteiger partial charge >= 0.3 is 0 Å². The molecule has 1 unspecified atom stereocenters. The summed E-state index contributed by atoms with van der Waals surface area (Å²) in [6.45, 7) is 0.709. The Balaban J connectivity index is 2.14. The molecular formula is C7H14N2O3S. The summed E-state index contributed by atoms with van der Waals surface area (Å²) in [6.07, 6.45) is 1.42. The van der Waals surface area contributed by atoms with Crippen molar-refractivity contribution in [1.29, 1.82) is 0 Å². The topological polar surface area (TPSA) is 69.6 Å². The summed E-state index contributed by atoms with van der Waals surface area (Å²) < 4.78 is 26.3. The summed E-state index contributed by atoms with van der Waals surface area (Å²) in [7, 11) is -1.95. The fourth-order valence-electron chi connectivity index (χ4n) is 1.87. The Kier molecular flexibility index (Phi) is 1.92. The summed E-state index contributed by atoms with van der Waals surface area (Å²) in [6, 6.07) is 0. The maximum Gasteiger partial charge on any atom is 0.279 e. The minimum absolute atomic E-state index is 0.107. The summed E-state index contributed by atoms with van der Waals surface area (Å²) >= 11 is 0. The highest BCUT2D eigenvalue weighted by Gasteiger charge is 2.56. The van der Waals surface area contributed by atoms with E-state index >= 15 is 0 Å². The van der Waals surface area contributed by atoms with Crippen molar-refractivity contribution in [1.82, 2.24) is 9.03 Å². The lowest BCUT2D eigenvalue weighted by atomic mass is 10.0. The molecule has 1 spiro atoms. The molecular weight excluding hydrogens is 192 g/mol. The Bertz CT molecular complexity index is 310. The number of hydrogen-bond donors (Lipinski definition) is 2. The number of rotatable bonds is 2. The van der Waals surface area contributed by atoms with Crippen LogP contribution in [0.25, 0.3) is 0 Å². The molecule has 2 rings (SSSR count). The standard InChI is InChI=1S/C7H14N2O3S/c1-8-13(11,12)9-4-6(10)7(5-9)2-3-7/h6,8,10H,2-5H2,1H3. The first-order valence-corrected chi connectivity index (χ1v) is 5.81. The van der Waals surface area contributed by atoms with Gasteiger partial charge in [0.05, 0.1) is 6.10 Å². The van der Waals surface area contributed by atoms with Crippen molar-refractivity contribution in [2.45, 2.75) is 18.9 Å². The van der Waals surface area contributed by atoms with Gasteiger partial charge in [-0.25, -0.2) is 4.72 Å². The number of aliphatic hydroxyl groups excluding tert-OH is 1. The first-order valence-electron chi connectivity index (χ1n) is 4.37. The molecule has 13 heavy (non-hydrogen) atoms. The third kappa shape index (κ3) is 1.38. The van der Waals surface area contributed by atoms with Gasteiger partial charge in [0.15, 0.2) is 0 Å². The van der Waals surface area contributed by atoms with E-state index in [2.05, 4.69) is 4.72 Å². The van der Waals surface area contributed by atoms with Gasteiger partial charge in [0.1, 0.15) is 0 Å². The molecule has 76 valence electrons. The monoisotopic (exact) mass is 206 g/mol. The zero-order valence-electron chi connectivity index (χ0n) is 7.52. The van der Waals surface area contributed by atoms with Crippen LogP contribution >= 0.6 is 0 Å². The second kappa shape index (κ2) is 2.66. The number of β-amino-alcohol motifs (C(OH)–C–C–N with tert-alkyl or cyclic N) is 1. The van der Waals surface area contributed by atoms with Crippen molar-refractivity contribution in [2.75, 3.05) is 20.1 Å². The average Bonchev–Trinajstić information content (AvgIpc) is 2.76. The van der Waals surface area contributed by atoms with Crippen molar-refractivity contribution in [3.8, 4) is 0 Å². The summed E-state index contributed by atoms with van der Waals surface area (Å²) in [5.74, 6) is 0. The minimum atomic E-state index is -3.34. The highest BCUT2D eigenvalue weighted by atomic mass is 32.2. The van der Waals surface area contributed by atoms with E-state index in [4.69, 9.17) is 0 Å². The SMILES string of the molecule is CNS(=O)(=O)N1CC(O)C2(CC2)C1. The van der Waals surface area contributed by atoms with Crippen LogP contribution in [0.4, 0.5) is 0 Å². The van der Waals surface area contributed by atoms with Crippen LogP contribution in [0.3, 0.4) is 0 Å². The van der Waals surface area contributed by atoms with E-state index in [1.54, 1.807) is 0 Å². The number of nitrogens with zero attached hydrogens (tertiary/aromatic N) is 1. The van der Waals surface area contributed by atoms with Crippen LogP contribution in [0, 0.1) is 5.41 Å². The third-order valence-electron chi connectivity index (χ3n) is 3.06. The van der Waals surface area contributed by atoms with E-state index in [0.717, 1.165) is 12.8 Å². The van der Waals surface area contributed by atoms with Crippen molar-refractivity contribution in [3.63, 3.8) is 0 Å². The molecule has 2 fully saturated rings. The van der Waals surface area contributed by atoms with Gasteiger partial charge in [-0.2, -0.15) is 12.7 Å². The molecule has 1 saturated carbocycles. The second-order valence-corrected chi connectivity index (χ2v) is 5.75. The Hall–Kier alpha value is -0.170. The zero-order valence-corrected chi connectivity index (χ0v) is 8.34. The van der Waals surface area contributed by atoms with Crippen LogP contribution in [-0.2, 0) is 10.2 Å². The predicted octanol–water partition coefficient (Wildman–Crippen LogP) is -1.09. The fourth-order valence-corrected chi connectivity index (χ4v) is 2.89. The van der Waals surface area contributed by atoms with Gasteiger partial charge in [-0.3, -0.25) is 0 Å². The molecule has 2 N–H and O–H groups in total. The van der Waals surface area contributed by atoms with Crippen LogP contribution < -0.4 is 4.72 Å². The maximum absolute atomic E-state index is 11.4. The van der Waals surface area contributed by atoms with Crippen LogP contribution in [0.15, 0.2) is 0 Å². The normalized spacial score (nSPS) is 32.6. The van der Waals surface area contributed by atoms with Crippen molar-refractivity contribution in [3.05, 3.63) is 0 Å². The Morgan fingerprint density at radius 1 is 1.54 bits per heavy atom. The number of aliphatic hydroxyl groups is 1. The van der Waals surface area contributed by atoms with Crippen LogP contribution in [0.2, 0.25) is 0 Å². The molecule has 0 amide bonds. The second-order valence-electron chi connectivity index (χ2n) is 3.88. The first-order chi connectivity index (χ1) is 6.00. The van der Waals surface area contributed by atoms with Gasteiger partial charge < -0.3 is 5.11 Å². The van der Waals surface area contributed by atoms with Crippen molar-refractivity contribution in [2.24, 2.45) is 5.41 Å². The quantitative estimate of drug-likeness (QED) is 0.603. The Morgan fingerprint density at radius 2 is 2.15 bits per heavy atom. The number of nitrogens with one attached hydrogen (secondary N) is 1. The molecule has 0 aromatic heterocycles. The molecule has 0 aromatic carbocycles. The Labute approximate surface area is 77.9 Å². The van der Waals surface area contributed by atoms with E-state index in [1.807, 2.05) is 0 Å². The van der Waals surface area contributed by atoms with Crippen LogP contribution in [-0.4, -0.2) is 44.1 Å². The van der Waals surface area contributed by atoms with Gasteiger partial charge in [-0.1, -0.05) is 0 Å². The lowest BCUT2D eigenvalue weighted by Gasteiger charge is -2.14. The summed E-state index contributed by atoms with van der Waals surface area (Å²) in [4.78, 5) is 0. The van der Waals surface area contributed by atoms with Crippen molar-refractivity contribution >= 4 is 10.2 Å². The molecule has 1 aliphatic carbocycles.